The van der Waals surface area contributed by atoms with E-state index in [-0.39, 0.29) is 35.2 Å². The van der Waals surface area contributed by atoms with Crippen molar-refractivity contribution in [3.63, 3.8) is 0 Å². The lowest BCUT2D eigenvalue weighted by Gasteiger charge is -2.21. The van der Waals surface area contributed by atoms with E-state index in [0.29, 0.717) is 35.4 Å². The van der Waals surface area contributed by atoms with Crippen LogP contribution in [-0.4, -0.2) is 70.8 Å². The molecule has 0 radical (unpaired) electrons. The van der Waals surface area contributed by atoms with Crippen molar-refractivity contribution in [2.24, 2.45) is 0 Å². The van der Waals surface area contributed by atoms with E-state index >= 15 is 0 Å². The average molecular weight is 523 g/mol. The highest BCUT2D eigenvalue weighted by atomic mass is 35.5. The Kier molecular flexibility index (Phi) is 7.53. The van der Waals surface area contributed by atoms with Crippen LogP contribution in [0, 0.1) is 0 Å². The van der Waals surface area contributed by atoms with Crippen LogP contribution in [-0.2, 0) is 20.3 Å². The summed E-state index contributed by atoms with van der Waals surface area (Å²) in [6, 6.07) is 3.43. The Morgan fingerprint density at radius 2 is 1.86 bits per heavy atom. The van der Waals surface area contributed by atoms with Gasteiger partial charge in [0.05, 0.1) is 31.1 Å². The molecule has 4 rings (SSSR count). The van der Waals surface area contributed by atoms with Crippen molar-refractivity contribution in [3.05, 3.63) is 47.0 Å². The molecule has 4 heterocycles. The molecule has 0 saturated carbocycles. The third-order valence-electron chi connectivity index (χ3n) is 6.23. The van der Waals surface area contributed by atoms with Gasteiger partial charge in [-0.2, -0.15) is 9.97 Å². The van der Waals surface area contributed by atoms with E-state index in [1.54, 1.807) is 23.6 Å². The fourth-order valence-corrected chi connectivity index (χ4v) is 5.71. The summed E-state index contributed by atoms with van der Waals surface area (Å²) >= 11 is 5.94. The van der Waals surface area contributed by atoms with Crippen LogP contribution >= 0.6 is 11.6 Å². The van der Waals surface area contributed by atoms with Gasteiger partial charge in [0, 0.05) is 30.3 Å². The SMILES string of the molecule is COc1ncnc(OC)c1-n1c(CS(=O)(=O)[C@@H](C)[C@H](C)c2ccc(Cl)cn2)nnc1[C@H]1CCOC1. The smallest absolute Gasteiger partial charge is 0.245 e. The summed E-state index contributed by atoms with van der Waals surface area (Å²) in [6.45, 7) is 4.50. The Hall–Kier alpha value is -2.83. The molecular weight excluding hydrogens is 496 g/mol. The van der Waals surface area contributed by atoms with Crippen LogP contribution in [0.2, 0.25) is 5.02 Å². The zero-order valence-electron chi connectivity index (χ0n) is 19.9. The lowest BCUT2D eigenvalue weighted by Crippen LogP contribution is -2.27. The van der Waals surface area contributed by atoms with Crippen LogP contribution in [0.4, 0.5) is 0 Å². The maximum absolute atomic E-state index is 13.6. The van der Waals surface area contributed by atoms with Crippen molar-refractivity contribution < 1.29 is 22.6 Å². The van der Waals surface area contributed by atoms with Crippen molar-refractivity contribution in [1.82, 2.24) is 29.7 Å². The van der Waals surface area contributed by atoms with Crippen LogP contribution in [0.1, 0.15) is 49.4 Å². The van der Waals surface area contributed by atoms with Crippen molar-refractivity contribution in [2.45, 2.75) is 43.1 Å². The predicted octanol–water partition coefficient (Wildman–Crippen LogP) is 2.73. The lowest BCUT2D eigenvalue weighted by molar-refractivity contribution is 0.193. The van der Waals surface area contributed by atoms with Crippen molar-refractivity contribution in [2.75, 3.05) is 27.4 Å². The molecule has 1 fully saturated rings. The monoisotopic (exact) mass is 522 g/mol. The largest absolute Gasteiger partial charge is 0.479 e. The summed E-state index contributed by atoms with van der Waals surface area (Å²) < 4.78 is 45.2. The molecule has 1 saturated heterocycles. The minimum atomic E-state index is -3.70. The van der Waals surface area contributed by atoms with E-state index in [0.717, 1.165) is 6.42 Å². The Morgan fingerprint density at radius 3 is 2.43 bits per heavy atom. The van der Waals surface area contributed by atoms with Gasteiger partial charge in [-0.1, -0.05) is 18.5 Å². The van der Waals surface area contributed by atoms with Crippen LogP contribution < -0.4 is 9.47 Å². The summed E-state index contributed by atoms with van der Waals surface area (Å²) in [5.74, 6) is 0.349. The lowest BCUT2D eigenvalue weighted by atomic mass is 10.0. The topological polar surface area (TPSA) is 131 Å². The Morgan fingerprint density at radius 1 is 1.14 bits per heavy atom. The summed E-state index contributed by atoms with van der Waals surface area (Å²) in [6.07, 6.45) is 3.54. The van der Waals surface area contributed by atoms with Gasteiger partial charge in [0.1, 0.15) is 17.9 Å². The van der Waals surface area contributed by atoms with Gasteiger partial charge in [0.25, 0.3) is 0 Å². The second-order valence-corrected chi connectivity index (χ2v) is 11.1. The maximum atomic E-state index is 13.6. The molecule has 35 heavy (non-hydrogen) atoms. The highest BCUT2D eigenvalue weighted by Crippen LogP contribution is 2.35. The van der Waals surface area contributed by atoms with E-state index in [4.69, 9.17) is 25.8 Å². The molecule has 0 N–H and O–H groups in total. The number of pyridine rings is 1. The van der Waals surface area contributed by atoms with E-state index in [2.05, 4.69) is 25.1 Å². The molecule has 0 spiro atoms. The second-order valence-electron chi connectivity index (χ2n) is 8.31. The maximum Gasteiger partial charge on any atom is 0.245 e. The molecule has 1 aliphatic rings. The third kappa shape index (κ3) is 5.09. The molecule has 3 aromatic rings. The van der Waals surface area contributed by atoms with Gasteiger partial charge in [-0.3, -0.25) is 9.55 Å². The quantitative estimate of drug-likeness (QED) is 0.413. The van der Waals surface area contributed by atoms with Gasteiger partial charge in [-0.15, -0.1) is 10.2 Å². The standard InChI is InChI=1S/C22H27ClN6O5S/c1-13(17-6-5-16(23)9-24-17)14(2)35(30,31)11-18-27-28-20(15-7-8-34-10-15)29(18)19-21(32-3)25-12-26-22(19)33-4/h5-6,9,12-15H,7-8,10-11H2,1-4H3/t13-,14-,15-/m0/s1. The van der Waals surface area contributed by atoms with Gasteiger partial charge in [-0.25, -0.2) is 8.42 Å². The normalized spacial score (nSPS) is 17.8. The molecule has 3 aromatic heterocycles. The molecule has 188 valence electrons. The van der Waals surface area contributed by atoms with Crippen LogP contribution in [0.15, 0.2) is 24.7 Å². The average Bonchev–Trinajstić information content (AvgIpc) is 3.52. The Bertz CT molecular complexity index is 1260. The molecule has 13 heteroatoms. The van der Waals surface area contributed by atoms with E-state index < -0.39 is 15.1 Å². The molecule has 1 aliphatic heterocycles. The number of hydrogen-bond donors (Lipinski definition) is 0. The number of sulfone groups is 1. The predicted molar refractivity (Wildman–Crippen MR) is 128 cm³/mol. The number of hydrogen-bond acceptors (Lipinski definition) is 10. The minimum Gasteiger partial charge on any atom is -0.479 e. The first-order valence-corrected chi connectivity index (χ1v) is 13.1. The number of rotatable bonds is 9. The first-order chi connectivity index (χ1) is 16.8. The molecule has 0 aromatic carbocycles. The number of methoxy groups -OCH3 is 2. The Balaban J connectivity index is 1.76. The zero-order chi connectivity index (χ0) is 25.2. The van der Waals surface area contributed by atoms with Gasteiger partial charge in [0.15, 0.2) is 21.3 Å². The van der Waals surface area contributed by atoms with Crippen molar-refractivity contribution in [3.8, 4) is 17.4 Å². The first-order valence-electron chi connectivity index (χ1n) is 11.0. The number of nitrogens with zero attached hydrogens (tertiary/aromatic N) is 6. The molecule has 0 unspecified atom stereocenters. The third-order valence-corrected chi connectivity index (χ3v) is 8.66. The van der Waals surface area contributed by atoms with E-state index in [9.17, 15) is 8.42 Å². The summed E-state index contributed by atoms with van der Waals surface area (Å²) in [7, 11) is -0.770. The number of ether oxygens (including phenoxy) is 3. The van der Waals surface area contributed by atoms with E-state index in [1.807, 2.05) is 6.92 Å². The highest BCUT2D eigenvalue weighted by molar-refractivity contribution is 7.91. The minimum absolute atomic E-state index is 0.0804. The van der Waals surface area contributed by atoms with Crippen LogP contribution in [0.25, 0.3) is 5.69 Å². The zero-order valence-corrected chi connectivity index (χ0v) is 21.5. The fourth-order valence-electron chi connectivity index (χ4n) is 4.03. The van der Waals surface area contributed by atoms with Crippen molar-refractivity contribution >= 4 is 21.4 Å². The summed E-state index contributed by atoms with van der Waals surface area (Å²) in [4.78, 5) is 12.7. The highest BCUT2D eigenvalue weighted by Gasteiger charge is 2.34. The van der Waals surface area contributed by atoms with Crippen LogP contribution in [0.3, 0.4) is 0 Å². The molecule has 0 bridgehead atoms. The van der Waals surface area contributed by atoms with E-state index in [1.165, 1.54) is 26.7 Å². The van der Waals surface area contributed by atoms with Crippen LogP contribution in [0.5, 0.6) is 11.8 Å². The Labute approximate surface area is 208 Å². The summed E-state index contributed by atoms with van der Waals surface area (Å²) in [5.41, 5.74) is 0.977. The fraction of sp³-hybridized carbons (Fsp3) is 0.500. The molecular formula is C22H27ClN6O5S. The number of aromatic nitrogens is 6. The van der Waals surface area contributed by atoms with Gasteiger partial charge < -0.3 is 14.2 Å². The second kappa shape index (κ2) is 10.4. The number of halogens is 1. The van der Waals surface area contributed by atoms with Gasteiger partial charge in [-0.05, 0) is 25.5 Å². The molecule has 3 atom stereocenters. The first kappa shape index (κ1) is 25.3. The van der Waals surface area contributed by atoms with Gasteiger partial charge >= 0.3 is 0 Å². The van der Waals surface area contributed by atoms with Gasteiger partial charge in [0.2, 0.25) is 11.8 Å². The summed E-state index contributed by atoms with van der Waals surface area (Å²) in [5, 5.41) is 8.37. The van der Waals surface area contributed by atoms with Crippen molar-refractivity contribution in [1.29, 1.82) is 0 Å². The molecule has 0 aliphatic carbocycles. The molecule has 11 nitrogen and oxygen atoms in total. The molecule has 0 amide bonds.